The topological polar surface area (TPSA) is 128 Å². The van der Waals surface area contributed by atoms with E-state index in [0.717, 1.165) is 11.1 Å². The highest BCUT2D eigenvalue weighted by atomic mass is 16.4. The average Bonchev–Trinajstić information content (AvgIpc) is 2.61. The molecule has 0 fully saturated rings. The molecule has 9 nitrogen and oxygen atoms in total. The minimum Gasteiger partial charge on any atom is -0.481 e. The zero-order chi connectivity index (χ0) is 20.4. The number of carboxylic acids is 1. The van der Waals surface area contributed by atoms with E-state index in [9.17, 15) is 14.4 Å². The fourth-order valence-corrected chi connectivity index (χ4v) is 2.94. The number of hydrogen-bond donors (Lipinski definition) is 3. The summed E-state index contributed by atoms with van der Waals surface area (Å²) in [5, 5.41) is 11.5. The number of aliphatic carboxylic acids is 1. The van der Waals surface area contributed by atoms with E-state index >= 15 is 0 Å². The molecule has 3 rings (SSSR count). The zero-order valence-corrected chi connectivity index (χ0v) is 15.7. The van der Waals surface area contributed by atoms with Gasteiger partial charge in [-0.2, -0.15) is 0 Å². The number of H-pyrrole nitrogens is 1. The van der Waals surface area contributed by atoms with Crippen LogP contribution in [0.1, 0.15) is 24.0 Å². The predicted molar refractivity (Wildman–Crippen MR) is 104 cm³/mol. The van der Waals surface area contributed by atoms with Gasteiger partial charge in [0.1, 0.15) is 12.0 Å². The van der Waals surface area contributed by atoms with Crippen molar-refractivity contribution in [1.82, 2.24) is 15.3 Å². The maximum absolute atomic E-state index is 12.4. The van der Waals surface area contributed by atoms with Gasteiger partial charge in [0, 0.05) is 13.0 Å². The second-order valence-electron chi connectivity index (χ2n) is 6.66. The first-order valence-corrected chi connectivity index (χ1v) is 8.81. The molecule has 1 amide bonds. The van der Waals surface area contributed by atoms with Crippen molar-refractivity contribution in [2.75, 3.05) is 18.0 Å². The van der Waals surface area contributed by atoms with Gasteiger partial charge in [0.15, 0.2) is 11.2 Å². The lowest BCUT2D eigenvalue weighted by Crippen LogP contribution is -2.45. The fourth-order valence-electron chi connectivity index (χ4n) is 2.94. The van der Waals surface area contributed by atoms with Crippen LogP contribution in [0.4, 0.5) is 17.2 Å². The molecule has 3 N–H and O–H groups in total. The SMILES string of the molecule is C=c1nc2c(c(=O)[nH]1)=Nc1cc(C)c(C)cc1N2CC(=O)NCCCC(=O)O. The number of fused-ring (bicyclic) bond motifs is 2. The number of carbonyl (C=O) groups is 2. The van der Waals surface area contributed by atoms with Gasteiger partial charge in [0.25, 0.3) is 5.56 Å². The molecule has 1 aliphatic heterocycles. The number of hydrogen-bond acceptors (Lipinski definition) is 6. The lowest BCUT2D eigenvalue weighted by Gasteiger charge is -2.28. The van der Waals surface area contributed by atoms with Gasteiger partial charge in [-0.3, -0.25) is 14.4 Å². The molecule has 2 heterocycles. The van der Waals surface area contributed by atoms with Crippen LogP contribution in [0.3, 0.4) is 0 Å². The number of carbonyl (C=O) groups excluding carboxylic acids is 1. The van der Waals surface area contributed by atoms with E-state index in [4.69, 9.17) is 5.11 Å². The number of rotatable bonds is 6. The van der Waals surface area contributed by atoms with Crippen molar-refractivity contribution in [1.29, 1.82) is 0 Å². The molecule has 146 valence electrons. The van der Waals surface area contributed by atoms with Crippen LogP contribution in [0.5, 0.6) is 0 Å². The van der Waals surface area contributed by atoms with E-state index in [0.29, 0.717) is 17.8 Å². The van der Waals surface area contributed by atoms with Crippen molar-refractivity contribution in [3.63, 3.8) is 0 Å². The van der Waals surface area contributed by atoms with Crippen LogP contribution in [0.25, 0.3) is 6.58 Å². The number of aromatic nitrogens is 2. The Hall–Kier alpha value is -3.49. The summed E-state index contributed by atoms with van der Waals surface area (Å²) in [4.78, 5) is 48.2. The smallest absolute Gasteiger partial charge is 0.303 e. The predicted octanol–water partition coefficient (Wildman–Crippen LogP) is 0.181. The van der Waals surface area contributed by atoms with Crippen LogP contribution in [0.15, 0.2) is 21.9 Å². The molecule has 0 aliphatic carbocycles. The van der Waals surface area contributed by atoms with Gasteiger partial charge in [-0.15, -0.1) is 0 Å². The standard InChI is InChI=1S/C19H21N5O4/c1-10-7-13-14(8-11(10)2)24(9-15(25)20-6-4-5-16(26)27)18-17(23-13)19(28)22-12(3)21-18/h7-8H,3-6,9H2,1-2H3,(H,20,25)(H,22,28)(H,26,27). The van der Waals surface area contributed by atoms with Gasteiger partial charge in [-0.25, -0.2) is 9.98 Å². The van der Waals surface area contributed by atoms with E-state index in [-0.39, 0.29) is 42.1 Å². The number of aryl methyl sites for hydroxylation is 2. The maximum Gasteiger partial charge on any atom is 0.303 e. The quantitative estimate of drug-likeness (QED) is 0.611. The summed E-state index contributed by atoms with van der Waals surface area (Å²) in [6, 6.07) is 3.77. The lowest BCUT2D eigenvalue weighted by molar-refractivity contribution is -0.137. The van der Waals surface area contributed by atoms with E-state index in [1.165, 1.54) is 0 Å². The summed E-state index contributed by atoms with van der Waals surface area (Å²) < 4.78 is 0. The van der Waals surface area contributed by atoms with Crippen molar-refractivity contribution in [3.8, 4) is 0 Å². The molecule has 0 bridgehead atoms. The van der Waals surface area contributed by atoms with Gasteiger partial charge >= 0.3 is 5.97 Å². The molecular weight excluding hydrogens is 362 g/mol. The van der Waals surface area contributed by atoms with Gasteiger partial charge in [-0.1, -0.05) is 6.58 Å². The monoisotopic (exact) mass is 383 g/mol. The molecule has 28 heavy (non-hydrogen) atoms. The van der Waals surface area contributed by atoms with Gasteiger partial charge in [0.2, 0.25) is 5.91 Å². The van der Waals surface area contributed by atoms with Crippen LogP contribution in [-0.2, 0) is 9.59 Å². The first-order chi connectivity index (χ1) is 13.3. The number of benzene rings is 1. The van der Waals surface area contributed by atoms with E-state index in [2.05, 4.69) is 26.9 Å². The van der Waals surface area contributed by atoms with Crippen molar-refractivity contribution in [3.05, 3.63) is 44.5 Å². The van der Waals surface area contributed by atoms with Crippen molar-refractivity contribution >= 4 is 35.6 Å². The van der Waals surface area contributed by atoms with E-state index in [1.54, 1.807) is 4.90 Å². The first-order valence-electron chi connectivity index (χ1n) is 8.81. The van der Waals surface area contributed by atoms with Crippen molar-refractivity contribution in [2.24, 2.45) is 4.99 Å². The fraction of sp³-hybridized carbons (Fsp3) is 0.316. The summed E-state index contributed by atoms with van der Waals surface area (Å²) in [7, 11) is 0. The summed E-state index contributed by atoms with van der Waals surface area (Å²) in [6.07, 6.45) is 0.317. The third-order valence-electron chi connectivity index (χ3n) is 4.49. The molecule has 1 aromatic heterocycles. The Balaban J connectivity index is 1.97. The number of nitrogens with zero attached hydrogens (tertiary/aromatic N) is 3. The second kappa shape index (κ2) is 7.63. The Labute approximate surface area is 160 Å². The molecule has 1 aromatic carbocycles. The molecular formula is C19H21N5O4. The maximum atomic E-state index is 12.4. The minimum absolute atomic E-state index is 0.0190. The van der Waals surface area contributed by atoms with Crippen molar-refractivity contribution in [2.45, 2.75) is 26.7 Å². The lowest BCUT2D eigenvalue weighted by atomic mass is 10.1. The molecule has 0 spiro atoms. The summed E-state index contributed by atoms with van der Waals surface area (Å²) in [5.41, 5.74) is 3.04. The third-order valence-corrected chi connectivity index (χ3v) is 4.49. The first kappa shape index (κ1) is 19.3. The molecule has 9 heteroatoms. The zero-order valence-electron chi connectivity index (χ0n) is 15.7. The summed E-state index contributed by atoms with van der Waals surface area (Å²) >= 11 is 0. The Kier molecular flexibility index (Phi) is 5.25. The van der Waals surface area contributed by atoms with Crippen LogP contribution in [0.2, 0.25) is 0 Å². The highest BCUT2D eigenvalue weighted by Gasteiger charge is 2.25. The Morgan fingerprint density at radius 2 is 2.00 bits per heavy atom. The van der Waals surface area contributed by atoms with Gasteiger partial charge in [0.05, 0.1) is 11.4 Å². The molecule has 1 aliphatic rings. The Morgan fingerprint density at radius 1 is 1.29 bits per heavy atom. The molecule has 0 saturated heterocycles. The average molecular weight is 383 g/mol. The van der Waals surface area contributed by atoms with Crippen molar-refractivity contribution < 1.29 is 14.7 Å². The summed E-state index contributed by atoms with van der Waals surface area (Å²) in [6.45, 7) is 7.74. The number of nitrogens with one attached hydrogen (secondary N) is 2. The largest absolute Gasteiger partial charge is 0.481 e. The molecule has 0 saturated carbocycles. The van der Waals surface area contributed by atoms with Crippen LogP contribution >= 0.6 is 0 Å². The number of anilines is 2. The third kappa shape index (κ3) is 3.93. The molecule has 0 unspecified atom stereocenters. The molecule has 0 atom stereocenters. The normalized spacial score (nSPS) is 12.0. The highest BCUT2D eigenvalue weighted by Crippen LogP contribution is 2.36. The molecule has 0 radical (unpaired) electrons. The second-order valence-corrected chi connectivity index (χ2v) is 6.66. The Morgan fingerprint density at radius 3 is 2.71 bits per heavy atom. The van der Waals surface area contributed by atoms with Crippen LogP contribution in [0, 0.1) is 13.8 Å². The van der Waals surface area contributed by atoms with Gasteiger partial charge < -0.3 is 20.3 Å². The van der Waals surface area contributed by atoms with E-state index in [1.807, 2.05) is 26.0 Å². The van der Waals surface area contributed by atoms with E-state index < -0.39 is 11.5 Å². The number of amides is 1. The van der Waals surface area contributed by atoms with Gasteiger partial charge in [-0.05, 0) is 43.5 Å². The minimum atomic E-state index is -0.910. The highest BCUT2D eigenvalue weighted by molar-refractivity contribution is 5.87. The van der Waals surface area contributed by atoms with Crippen LogP contribution in [-0.4, -0.2) is 40.0 Å². The number of carboxylic acid groups (broad SMARTS) is 1. The van der Waals surface area contributed by atoms with Crippen LogP contribution < -0.4 is 26.6 Å². The molecule has 2 aromatic rings. The number of aromatic amines is 1. The summed E-state index contributed by atoms with van der Waals surface area (Å²) in [5.74, 6) is -0.952. The Bertz CT molecular complexity index is 1120.